The molecule has 1 saturated carbocycles. The number of fused-ring (bicyclic) bond motifs is 2. The van der Waals surface area contributed by atoms with Crippen molar-refractivity contribution in [2.45, 2.75) is 45.1 Å². The van der Waals surface area contributed by atoms with Crippen LogP contribution in [0.3, 0.4) is 0 Å². The maximum Gasteiger partial charge on any atom is 0.255 e. The molecule has 2 amide bonds. The molecule has 3 aromatic rings. The molecular weight excluding hydrogens is 404 g/mol. The van der Waals surface area contributed by atoms with Gasteiger partial charge in [-0.05, 0) is 49.6 Å². The minimum Gasteiger partial charge on any atom is -0.493 e. The molecule has 0 radical (unpaired) electrons. The normalized spacial score (nSPS) is 15.4. The average molecular weight is 431 g/mol. The Morgan fingerprint density at radius 1 is 1.19 bits per heavy atom. The molecule has 0 atom stereocenters. The number of nitrogens with two attached hydrogens (primary N) is 1. The number of carbonyl (C=O) groups is 2. The summed E-state index contributed by atoms with van der Waals surface area (Å²) in [5, 5.41) is 7.33. The lowest BCUT2D eigenvalue weighted by molar-refractivity contribution is 0.0937. The van der Waals surface area contributed by atoms with E-state index in [1.165, 1.54) is 0 Å². The van der Waals surface area contributed by atoms with Gasteiger partial charge in [0.25, 0.3) is 5.91 Å². The smallest absolute Gasteiger partial charge is 0.255 e. The second kappa shape index (κ2) is 8.15. The van der Waals surface area contributed by atoms with E-state index in [0.717, 1.165) is 60.2 Å². The van der Waals surface area contributed by atoms with E-state index < -0.39 is 5.91 Å². The molecule has 0 saturated heterocycles. The Morgan fingerprint density at radius 3 is 2.78 bits per heavy atom. The second-order valence-corrected chi connectivity index (χ2v) is 8.56. The molecule has 2 heterocycles. The topological polar surface area (TPSA) is 106 Å². The summed E-state index contributed by atoms with van der Waals surface area (Å²) >= 11 is 0. The third-order valence-electron chi connectivity index (χ3n) is 6.38. The summed E-state index contributed by atoms with van der Waals surface area (Å²) in [6.45, 7) is 2.52. The summed E-state index contributed by atoms with van der Waals surface area (Å²) in [4.78, 5) is 29.8. The zero-order valence-electron chi connectivity index (χ0n) is 18.0. The van der Waals surface area contributed by atoms with E-state index in [9.17, 15) is 9.59 Å². The Hall–Kier alpha value is -3.61. The van der Waals surface area contributed by atoms with Gasteiger partial charge in [-0.2, -0.15) is 0 Å². The Kier molecular flexibility index (Phi) is 5.17. The van der Waals surface area contributed by atoms with Crippen LogP contribution in [0.1, 0.15) is 57.5 Å². The molecule has 0 spiro atoms. The van der Waals surface area contributed by atoms with Gasteiger partial charge in [0.05, 0.1) is 23.4 Å². The largest absolute Gasteiger partial charge is 0.493 e. The monoisotopic (exact) mass is 430 g/mol. The van der Waals surface area contributed by atoms with Crippen molar-refractivity contribution in [1.82, 2.24) is 10.3 Å². The number of primary amides is 1. The van der Waals surface area contributed by atoms with Gasteiger partial charge in [0.2, 0.25) is 5.91 Å². The van der Waals surface area contributed by atoms with Crippen LogP contribution in [0.2, 0.25) is 0 Å². The number of rotatable bonds is 5. The fourth-order valence-electron chi connectivity index (χ4n) is 4.74. The van der Waals surface area contributed by atoms with E-state index in [1.54, 1.807) is 18.3 Å². The molecule has 1 aliphatic heterocycles. The van der Waals surface area contributed by atoms with Gasteiger partial charge >= 0.3 is 0 Å². The van der Waals surface area contributed by atoms with E-state index in [0.29, 0.717) is 28.8 Å². The van der Waals surface area contributed by atoms with Crippen molar-refractivity contribution in [3.05, 3.63) is 58.8 Å². The van der Waals surface area contributed by atoms with Crippen molar-refractivity contribution in [2.75, 3.05) is 11.9 Å². The molecule has 2 aromatic carbocycles. The average Bonchev–Trinajstić information content (AvgIpc) is 3.46. The van der Waals surface area contributed by atoms with Crippen LogP contribution in [0.15, 0.2) is 36.5 Å². The third-order valence-corrected chi connectivity index (χ3v) is 6.38. The summed E-state index contributed by atoms with van der Waals surface area (Å²) in [6, 6.07) is 9.47. The minimum atomic E-state index is -0.518. The number of benzene rings is 2. The van der Waals surface area contributed by atoms with Crippen LogP contribution < -0.4 is 21.1 Å². The molecule has 5 rings (SSSR count). The van der Waals surface area contributed by atoms with Gasteiger partial charge in [-0.3, -0.25) is 14.6 Å². The fraction of sp³-hybridized carbons (Fsp3) is 0.320. The highest BCUT2D eigenvalue weighted by Crippen LogP contribution is 2.37. The van der Waals surface area contributed by atoms with Gasteiger partial charge < -0.3 is 21.1 Å². The van der Waals surface area contributed by atoms with Gasteiger partial charge in [-0.15, -0.1) is 0 Å². The lowest BCUT2D eigenvalue weighted by atomic mass is 10.0. The van der Waals surface area contributed by atoms with E-state index in [4.69, 9.17) is 10.5 Å². The zero-order valence-corrected chi connectivity index (χ0v) is 18.0. The summed E-state index contributed by atoms with van der Waals surface area (Å²) in [6.07, 6.45) is 6.64. The van der Waals surface area contributed by atoms with Crippen molar-refractivity contribution in [3.8, 4) is 5.75 Å². The molecule has 0 unspecified atom stereocenters. The van der Waals surface area contributed by atoms with Gasteiger partial charge in [0.1, 0.15) is 5.75 Å². The second-order valence-electron chi connectivity index (χ2n) is 8.56. The molecule has 32 heavy (non-hydrogen) atoms. The van der Waals surface area contributed by atoms with Gasteiger partial charge in [0.15, 0.2) is 0 Å². The standard InChI is InChI=1S/C25H26N4O3/c1-14-11-15(24(26)30)12-18-22(14)27-13-19(25(31)28-16-5-2-3-6-16)23(18)29-20-7-4-8-21-17(20)9-10-32-21/h4,7-8,11-13,16H,2-3,5-6,9-10H2,1H3,(H2,26,30)(H,27,29)(H,28,31). The molecule has 0 bridgehead atoms. The van der Waals surface area contributed by atoms with Crippen molar-refractivity contribution < 1.29 is 14.3 Å². The first-order chi connectivity index (χ1) is 15.5. The molecule has 164 valence electrons. The number of pyridine rings is 1. The fourth-order valence-corrected chi connectivity index (χ4v) is 4.74. The van der Waals surface area contributed by atoms with Crippen LogP contribution in [0.5, 0.6) is 5.75 Å². The van der Waals surface area contributed by atoms with E-state index >= 15 is 0 Å². The highest BCUT2D eigenvalue weighted by molar-refractivity contribution is 6.10. The highest BCUT2D eigenvalue weighted by Gasteiger charge is 2.24. The molecule has 1 aromatic heterocycles. The molecular formula is C25H26N4O3. The molecule has 7 nitrogen and oxygen atoms in total. The zero-order chi connectivity index (χ0) is 22.2. The van der Waals surface area contributed by atoms with Gasteiger partial charge in [0, 0.05) is 40.9 Å². The third kappa shape index (κ3) is 3.64. The SMILES string of the molecule is Cc1cc(C(N)=O)cc2c(Nc3cccc4c3CCO4)c(C(=O)NC3CCCC3)cnc12. The number of ether oxygens (including phenoxy) is 1. The molecule has 1 fully saturated rings. The number of carbonyl (C=O) groups excluding carboxylic acids is 2. The first-order valence-electron chi connectivity index (χ1n) is 11.1. The number of nitrogens with one attached hydrogen (secondary N) is 2. The number of aromatic nitrogens is 1. The number of nitrogens with zero attached hydrogens (tertiary/aromatic N) is 1. The first kappa shape index (κ1) is 20.3. The lowest BCUT2D eigenvalue weighted by Crippen LogP contribution is -2.33. The number of hydrogen-bond acceptors (Lipinski definition) is 5. The van der Waals surface area contributed by atoms with Crippen LogP contribution in [-0.4, -0.2) is 29.4 Å². The van der Waals surface area contributed by atoms with E-state index in [1.807, 2.05) is 25.1 Å². The van der Waals surface area contributed by atoms with Crippen LogP contribution >= 0.6 is 0 Å². The Labute approximate surface area is 186 Å². The van der Waals surface area contributed by atoms with E-state index in [-0.39, 0.29) is 11.9 Å². The van der Waals surface area contributed by atoms with Crippen LogP contribution in [-0.2, 0) is 6.42 Å². The number of amides is 2. The van der Waals surface area contributed by atoms with E-state index in [2.05, 4.69) is 15.6 Å². The van der Waals surface area contributed by atoms with Crippen LogP contribution in [0.25, 0.3) is 10.9 Å². The highest BCUT2D eigenvalue weighted by atomic mass is 16.5. The Morgan fingerprint density at radius 2 is 2.00 bits per heavy atom. The maximum absolute atomic E-state index is 13.3. The van der Waals surface area contributed by atoms with Crippen molar-refractivity contribution in [1.29, 1.82) is 0 Å². The van der Waals surface area contributed by atoms with Crippen LogP contribution in [0.4, 0.5) is 11.4 Å². The first-order valence-corrected chi connectivity index (χ1v) is 11.1. The van der Waals surface area contributed by atoms with Crippen molar-refractivity contribution in [3.63, 3.8) is 0 Å². The molecule has 7 heteroatoms. The van der Waals surface area contributed by atoms with Crippen molar-refractivity contribution >= 4 is 34.1 Å². The minimum absolute atomic E-state index is 0.167. The number of hydrogen-bond donors (Lipinski definition) is 3. The summed E-state index contributed by atoms with van der Waals surface area (Å²) in [5.41, 5.74) is 10.5. The van der Waals surface area contributed by atoms with Crippen molar-refractivity contribution in [2.24, 2.45) is 5.73 Å². The predicted molar refractivity (Wildman–Crippen MR) is 124 cm³/mol. The molecule has 4 N–H and O–H groups in total. The van der Waals surface area contributed by atoms with Gasteiger partial charge in [-0.25, -0.2) is 0 Å². The summed E-state index contributed by atoms with van der Waals surface area (Å²) in [7, 11) is 0. The summed E-state index contributed by atoms with van der Waals surface area (Å²) in [5.74, 6) is 0.162. The predicted octanol–water partition coefficient (Wildman–Crippen LogP) is 3.99. The molecule has 2 aliphatic rings. The lowest BCUT2D eigenvalue weighted by Gasteiger charge is -2.19. The Bertz CT molecular complexity index is 1230. The molecule has 1 aliphatic carbocycles. The summed E-state index contributed by atoms with van der Waals surface area (Å²) < 4.78 is 5.71. The number of anilines is 2. The Balaban J connectivity index is 1.66. The maximum atomic E-state index is 13.3. The van der Waals surface area contributed by atoms with Crippen LogP contribution in [0, 0.1) is 6.92 Å². The van der Waals surface area contributed by atoms with Gasteiger partial charge in [-0.1, -0.05) is 18.9 Å². The number of aryl methyl sites for hydroxylation is 1. The quantitative estimate of drug-likeness (QED) is 0.567.